The molecule has 154 valence electrons. The summed E-state index contributed by atoms with van der Waals surface area (Å²) in [6.45, 7) is 0.861. The van der Waals surface area contributed by atoms with E-state index in [1.165, 1.54) is 22.0 Å². The fourth-order valence-corrected chi connectivity index (χ4v) is 4.96. The normalized spacial score (nSPS) is 14.0. The first kappa shape index (κ1) is 17.5. The Bertz CT molecular complexity index is 1670. The van der Waals surface area contributed by atoms with Crippen molar-refractivity contribution in [2.75, 3.05) is 18.6 Å². The highest BCUT2D eigenvalue weighted by molar-refractivity contribution is 6.17. The first-order valence-electron chi connectivity index (χ1n) is 10.9. The summed E-state index contributed by atoms with van der Waals surface area (Å²) in [5, 5.41) is 4.80. The third kappa shape index (κ3) is 2.44. The van der Waals surface area contributed by atoms with Crippen molar-refractivity contribution in [2.45, 2.75) is 0 Å². The highest BCUT2D eigenvalue weighted by Gasteiger charge is 2.18. The SMILES string of the molecule is CN1C=CN(c2ccc3c(c2)c2cc4c(cc2n3-c2ccccc2)oc2ccccc24)C1. The highest BCUT2D eigenvalue weighted by Crippen LogP contribution is 2.39. The largest absolute Gasteiger partial charge is 0.456 e. The van der Waals surface area contributed by atoms with E-state index in [9.17, 15) is 0 Å². The van der Waals surface area contributed by atoms with Crippen molar-refractivity contribution in [1.82, 2.24) is 9.47 Å². The lowest BCUT2D eigenvalue weighted by atomic mass is 10.1. The number of aromatic nitrogens is 1. The van der Waals surface area contributed by atoms with Gasteiger partial charge in [0.1, 0.15) is 11.2 Å². The van der Waals surface area contributed by atoms with Gasteiger partial charge in [-0.3, -0.25) is 0 Å². The van der Waals surface area contributed by atoms with Gasteiger partial charge in [-0.1, -0.05) is 36.4 Å². The van der Waals surface area contributed by atoms with Crippen LogP contribution >= 0.6 is 0 Å². The van der Waals surface area contributed by atoms with Crippen molar-refractivity contribution in [3.05, 3.63) is 97.3 Å². The van der Waals surface area contributed by atoms with Gasteiger partial charge in [0.25, 0.3) is 0 Å². The third-order valence-corrected chi connectivity index (χ3v) is 6.47. The van der Waals surface area contributed by atoms with Crippen LogP contribution in [0.5, 0.6) is 0 Å². The van der Waals surface area contributed by atoms with Gasteiger partial charge < -0.3 is 18.8 Å². The number of furan rings is 1. The van der Waals surface area contributed by atoms with Gasteiger partial charge in [-0.2, -0.15) is 0 Å². The van der Waals surface area contributed by atoms with Crippen molar-refractivity contribution < 1.29 is 4.42 Å². The Morgan fingerprint density at radius 3 is 2.28 bits per heavy atom. The van der Waals surface area contributed by atoms with Gasteiger partial charge >= 0.3 is 0 Å². The molecule has 0 atom stereocenters. The van der Waals surface area contributed by atoms with Crippen LogP contribution in [-0.4, -0.2) is 23.2 Å². The zero-order valence-electron chi connectivity index (χ0n) is 17.7. The lowest BCUT2D eigenvalue weighted by Gasteiger charge is -2.18. The summed E-state index contributed by atoms with van der Waals surface area (Å²) in [4.78, 5) is 4.45. The number of nitrogens with zero attached hydrogens (tertiary/aromatic N) is 3. The smallest absolute Gasteiger partial charge is 0.137 e. The number of hydrogen-bond acceptors (Lipinski definition) is 3. The van der Waals surface area contributed by atoms with Crippen LogP contribution in [0.2, 0.25) is 0 Å². The van der Waals surface area contributed by atoms with E-state index in [-0.39, 0.29) is 0 Å². The van der Waals surface area contributed by atoms with Gasteiger partial charge in [0.15, 0.2) is 0 Å². The number of benzene rings is 4. The van der Waals surface area contributed by atoms with E-state index in [1.54, 1.807) is 0 Å². The fourth-order valence-electron chi connectivity index (χ4n) is 4.96. The number of para-hydroxylation sites is 2. The Morgan fingerprint density at radius 1 is 0.625 bits per heavy atom. The van der Waals surface area contributed by atoms with Crippen LogP contribution in [0, 0.1) is 0 Å². The molecule has 0 unspecified atom stereocenters. The van der Waals surface area contributed by atoms with E-state index in [0.717, 1.165) is 39.8 Å². The second kappa shape index (κ2) is 6.41. The number of rotatable bonds is 2. The number of fused-ring (bicyclic) bond motifs is 6. The molecule has 1 aliphatic rings. The van der Waals surface area contributed by atoms with Gasteiger partial charge in [0, 0.05) is 58.4 Å². The molecule has 2 aromatic heterocycles. The maximum absolute atomic E-state index is 6.23. The molecule has 0 saturated carbocycles. The van der Waals surface area contributed by atoms with E-state index < -0.39 is 0 Å². The Balaban J connectivity index is 1.59. The lowest BCUT2D eigenvalue weighted by Crippen LogP contribution is -2.21. The maximum atomic E-state index is 6.23. The van der Waals surface area contributed by atoms with Crippen molar-refractivity contribution in [3.63, 3.8) is 0 Å². The molecule has 0 aliphatic carbocycles. The maximum Gasteiger partial charge on any atom is 0.137 e. The van der Waals surface area contributed by atoms with E-state index in [2.05, 4.69) is 107 Å². The first-order chi connectivity index (χ1) is 15.8. The highest BCUT2D eigenvalue weighted by atomic mass is 16.3. The molecular formula is C28H21N3O. The summed E-state index contributed by atoms with van der Waals surface area (Å²) in [7, 11) is 2.09. The van der Waals surface area contributed by atoms with Crippen molar-refractivity contribution >= 4 is 49.4 Å². The summed E-state index contributed by atoms with van der Waals surface area (Å²) in [6.07, 6.45) is 4.25. The van der Waals surface area contributed by atoms with Gasteiger partial charge in [-0.15, -0.1) is 0 Å². The van der Waals surface area contributed by atoms with Crippen LogP contribution in [0.1, 0.15) is 0 Å². The second-order valence-corrected chi connectivity index (χ2v) is 8.50. The number of anilines is 1. The fraction of sp³-hybridized carbons (Fsp3) is 0.0714. The Morgan fingerprint density at radius 2 is 1.44 bits per heavy atom. The molecular weight excluding hydrogens is 394 g/mol. The number of hydrogen-bond donors (Lipinski definition) is 0. The second-order valence-electron chi connectivity index (χ2n) is 8.50. The molecule has 3 heterocycles. The van der Waals surface area contributed by atoms with E-state index >= 15 is 0 Å². The zero-order chi connectivity index (χ0) is 21.2. The van der Waals surface area contributed by atoms with Crippen LogP contribution < -0.4 is 4.90 Å². The molecule has 4 aromatic carbocycles. The molecule has 7 rings (SSSR count). The minimum Gasteiger partial charge on any atom is -0.456 e. The molecule has 4 nitrogen and oxygen atoms in total. The van der Waals surface area contributed by atoms with Crippen LogP contribution in [0.4, 0.5) is 5.69 Å². The van der Waals surface area contributed by atoms with Crippen molar-refractivity contribution in [1.29, 1.82) is 0 Å². The average Bonchev–Trinajstić information content (AvgIpc) is 3.51. The lowest BCUT2D eigenvalue weighted by molar-refractivity contribution is 0.496. The quantitative estimate of drug-likeness (QED) is 0.309. The minimum absolute atomic E-state index is 0.861. The first-order valence-corrected chi connectivity index (χ1v) is 10.9. The molecule has 4 heteroatoms. The van der Waals surface area contributed by atoms with Crippen LogP contribution in [0.25, 0.3) is 49.4 Å². The predicted molar refractivity (Wildman–Crippen MR) is 132 cm³/mol. The van der Waals surface area contributed by atoms with E-state index in [1.807, 2.05) is 12.1 Å². The van der Waals surface area contributed by atoms with Gasteiger partial charge in [-0.05, 0) is 42.5 Å². The molecule has 0 spiro atoms. The molecule has 6 aromatic rings. The Kier molecular flexibility index (Phi) is 3.50. The molecule has 0 bridgehead atoms. The van der Waals surface area contributed by atoms with Crippen molar-refractivity contribution in [2.24, 2.45) is 0 Å². The average molecular weight is 415 g/mol. The molecule has 32 heavy (non-hydrogen) atoms. The van der Waals surface area contributed by atoms with E-state index in [4.69, 9.17) is 4.42 Å². The summed E-state index contributed by atoms with van der Waals surface area (Å²) in [5.74, 6) is 0. The third-order valence-electron chi connectivity index (χ3n) is 6.47. The van der Waals surface area contributed by atoms with Crippen LogP contribution in [0.15, 0.2) is 102 Å². The Labute approximate surface area is 185 Å². The molecule has 0 radical (unpaired) electrons. The molecule has 0 fully saturated rings. The summed E-state index contributed by atoms with van der Waals surface area (Å²) in [5.41, 5.74) is 6.55. The van der Waals surface area contributed by atoms with Crippen LogP contribution in [0.3, 0.4) is 0 Å². The summed E-state index contributed by atoms with van der Waals surface area (Å²) in [6, 6.07) is 30.1. The zero-order valence-corrected chi connectivity index (χ0v) is 17.7. The van der Waals surface area contributed by atoms with Crippen LogP contribution in [-0.2, 0) is 0 Å². The predicted octanol–water partition coefficient (Wildman–Crippen LogP) is 6.86. The molecule has 1 aliphatic heterocycles. The molecule has 0 saturated heterocycles. The topological polar surface area (TPSA) is 24.6 Å². The van der Waals surface area contributed by atoms with Crippen molar-refractivity contribution in [3.8, 4) is 5.69 Å². The summed E-state index contributed by atoms with van der Waals surface area (Å²) >= 11 is 0. The molecule has 0 N–H and O–H groups in total. The van der Waals surface area contributed by atoms with Gasteiger partial charge in [-0.25, -0.2) is 0 Å². The van der Waals surface area contributed by atoms with Gasteiger partial charge in [0.2, 0.25) is 0 Å². The van der Waals surface area contributed by atoms with E-state index in [0.29, 0.717) is 0 Å². The minimum atomic E-state index is 0.861. The molecule has 0 amide bonds. The summed E-state index contributed by atoms with van der Waals surface area (Å²) < 4.78 is 8.57. The standard InChI is InChI=1S/C28H21N3O/c1-29-13-14-30(18-29)20-11-12-25-22(15-20)23-16-24-21-9-5-6-10-27(21)32-28(24)17-26(23)31(25)19-7-3-2-4-8-19/h2-17H,18H2,1H3. The monoisotopic (exact) mass is 415 g/mol. The Hall–Kier alpha value is -4.18. The van der Waals surface area contributed by atoms with Gasteiger partial charge in [0.05, 0.1) is 17.7 Å².